The lowest BCUT2D eigenvalue weighted by Gasteiger charge is -2.21. The molecule has 0 bridgehead atoms. The van der Waals surface area contributed by atoms with Gasteiger partial charge in [-0.05, 0) is 40.2 Å². The second-order valence-electron chi connectivity index (χ2n) is 4.62. The van der Waals surface area contributed by atoms with Crippen molar-refractivity contribution in [3.05, 3.63) is 28.2 Å². The standard InChI is InChI=1S/C13H21BrN2O2S/c1-4-15-10-11-5-6-13(12(14)9-11)16(2)7-8-19(3,17)18/h5-6,9,15H,4,7-8,10H2,1-3H3. The summed E-state index contributed by atoms with van der Waals surface area (Å²) in [5.74, 6) is 0.162. The lowest BCUT2D eigenvalue weighted by Crippen LogP contribution is -2.25. The summed E-state index contributed by atoms with van der Waals surface area (Å²) in [5.41, 5.74) is 2.21. The maximum atomic E-state index is 11.2. The summed E-state index contributed by atoms with van der Waals surface area (Å²) in [7, 11) is -1.03. The Kier molecular flexibility index (Phi) is 6.29. The van der Waals surface area contributed by atoms with E-state index in [4.69, 9.17) is 0 Å². The van der Waals surface area contributed by atoms with E-state index in [-0.39, 0.29) is 5.75 Å². The Morgan fingerprint density at radius 2 is 2.05 bits per heavy atom. The van der Waals surface area contributed by atoms with Crippen LogP contribution in [0.25, 0.3) is 0 Å². The first-order valence-electron chi connectivity index (χ1n) is 6.21. The Balaban J connectivity index is 2.72. The Morgan fingerprint density at radius 3 is 2.58 bits per heavy atom. The largest absolute Gasteiger partial charge is 0.373 e. The molecule has 0 aliphatic rings. The van der Waals surface area contributed by atoms with Gasteiger partial charge in [0.15, 0.2) is 0 Å². The zero-order valence-electron chi connectivity index (χ0n) is 11.6. The molecule has 0 saturated heterocycles. The molecule has 0 spiro atoms. The van der Waals surface area contributed by atoms with Crippen LogP contribution in [0.15, 0.2) is 22.7 Å². The highest BCUT2D eigenvalue weighted by molar-refractivity contribution is 9.10. The number of hydrogen-bond donors (Lipinski definition) is 1. The van der Waals surface area contributed by atoms with E-state index in [1.807, 2.05) is 18.0 Å². The molecule has 6 heteroatoms. The molecule has 1 rings (SSSR count). The van der Waals surface area contributed by atoms with Gasteiger partial charge in [0.1, 0.15) is 9.84 Å². The summed E-state index contributed by atoms with van der Waals surface area (Å²) >= 11 is 3.54. The molecule has 0 atom stereocenters. The lowest BCUT2D eigenvalue weighted by atomic mass is 10.2. The smallest absolute Gasteiger partial charge is 0.149 e. The van der Waals surface area contributed by atoms with Gasteiger partial charge in [-0.3, -0.25) is 0 Å². The van der Waals surface area contributed by atoms with Crippen molar-refractivity contribution in [2.24, 2.45) is 0 Å². The Bertz CT molecular complexity index is 517. The van der Waals surface area contributed by atoms with Gasteiger partial charge in [-0.2, -0.15) is 0 Å². The third kappa shape index (κ3) is 5.93. The number of sulfone groups is 1. The zero-order chi connectivity index (χ0) is 14.5. The molecule has 0 aliphatic carbocycles. The van der Waals surface area contributed by atoms with Crippen molar-refractivity contribution in [1.29, 1.82) is 0 Å². The van der Waals surface area contributed by atoms with Gasteiger partial charge in [-0.15, -0.1) is 0 Å². The van der Waals surface area contributed by atoms with Crippen molar-refractivity contribution in [3.8, 4) is 0 Å². The molecule has 1 N–H and O–H groups in total. The molecule has 0 aromatic heterocycles. The summed E-state index contributed by atoms with van der Waals surface area (Å²) in [6.07, 6.45) is 1.26. The first kappa shape index (κ1) is 16.5. The Hall–Kier alpha value is -0.590. The summed E-state index contributed by atoms with van der Waals surface area (Å²) in [4.78, 5) is 1.95. The van der Waals surface area contributed by atoms with Crippen LogP contribution >= 0.6 is 15.9 Å². The van der Waals surface area contributed by atoms with E-state index < -0.39 is 9.84 Å². The number of nitrogens with one attached hydrogen (secondary N) is 1. The lowest BCUT2D eigenvalue weighted by molar-refractivity contribution is 0.601. The van der Waals surface area contributed by atoms with Crippen molar-refractivity contribution < 1.29 is 8.42 Å². The van der Waals surface area contributed by atoms with E-state index >= 15 is 0 Å². The molecule has 0 fully saturated rings. The molecule has 0 unspecified atom stereocenters. The SMILES string of the molecule is CCNCc1ccc(N(C)CCS(C)(=O)=O)c(Br)c1. The number of benzene rings is 1. The second-order valence-corrected chi connectivity index (χ2v) is 7.73. The highest BCUT2D eigenvalue weighted by Gasteiger charge is 2.09. The average molecular weight is 349 g/mol. The summed E-state index contributed by atoms with van der Waals surface area (Å²) < 4.78 is 23.3. The van der Waals surface area contributed by atoms with E-state index in [2.05, 4.69) is 40.3 Å². The number of anilines is 1. The molecule has 108 valence electrons. The predicted octanol–water partition coefficient (Wildman–Crippen LogP) is 2.04. The molecule has 19 heavy (non-hydrogen) atoms. The van der Waals surface area contributed by atoms with Gasteiger partial charge < -0.3 is 10.2 Å². The third-order valence-corrected chi connectivity index (χ3v) is 4.36. The predicted molar refractivity (Wildman–Crippen MR) is 84.5 cm³/mol. The molecule has 0 amide bonds. The maximum Gasteiger partial charge on any atom is 0.149 e. The quantitative estimate of drug-likeness (QED) is 0.819. The van der Waals surface area contributed by atoms with Crippen LogP contribution in [0.3, 0.4) is 0 Å². The van der Waals surface area contributed by atoms with Crippen LogP contribution in [-0.2, 0) is 16.4 Å². The third-order valence-electron chi connectivity index (χ3n) is 2.80. The van der Waals surface area contributed by atoms with Crippen molar-refractivity contribution in [1.82, 2.24) is 5.32 Å². The average Bonchev–Trinajstić information content (AvgIpc) is 2.32. The normalized spacial score (nSPS) is 11.6. The van der Waals surface area contributed by atoms with Crippen molar-refractivity contribution in [2.75, 3.05) is 37.0 Å². The van der Waals surface area contributed by atoms with Crippen LogP contribution in [-0.4, -0.2) is 40.6 Å². The summed E-state index contributed by atoms with van der Waals surface area (Å²) in [6, 6.07) is 6.13. The number of nitrogens with zero attached hydrogens (tertiary/aromatic N) is 1. The molecular formula is C13H21BrN2O2S. The van der Waals surface area contributed by atoms with E-state index in [1.165, 1.54) is 11.8 Å². The van der Waals surface area contributed by atoms with Gasteiger partial charge in [-0.25, -0.2) is 8.42 Å². The molecule has 0 saturated carbocycles. The zero-order valence-corrected chi connectivity index (χ0v) is 14.0. The minimum absolute atomic E-state index is 0.162. The second kappa shape index (κ2) is 7.26. The van der Waals surface area contributed by atoms with Gasteiger partial charge in [0, 0.05) is 30.9 Å². The van der Waals surface area contributed by atoms with Gasteiger partial charge in [0.25, 0.3) is 0 Å². The fourth-order valence-electron chi connectivity index (χ4n) is 1.66. The van der Waals surface area contributed by atoms with Gasteiger partial charge in [0.05, 0.1) is 11.4 Å². The van der Waals surface area contributed by atoms with Crippen LogP contribution in [0.4, 0.5) is 5.69 Å². The number of halogens is 1. The molecule has 0 radical (unpaired) electrons. The van der Waals surface area contributed by atoms with Crippen LogP contribution in [0.5, 0.6) is 0 Å². The van der Waals surface area contributed by atoms with E-state index in [1.54, 1.807) is 0 Å². The molecular weight excluding hydrogens is 328 g/mol. The van der Waals surface area contributed by atoms with Crippen molar-refractivity contribution in [3.63, 3.8) is 0 Å². The molecule has 0 heterocycles. The highest BCUT2D eigenvalue weighted by atomic mass is 79.9. The van der Waals surface area contributed by atoms with Gasteiger partial charge in [0.2, 0.25) is 0 Å². The van der Waals surface area contributed by atoms with Gasteiger partial charge >= 0.3 is 0 Å². The monoisotopic (exact) mass is 348 g/mol. The van der Waals surface area contributed by atoms with E-state index in [0.29, 0.717) is 6.54 Å². The first-order valence-corrected chi connectivity index (χ1v) is 9.07. The van der Waals surface area contributed by atoms with Crippen LogP contribution < -0.4 is 10.2 Å². The van der Waals surface area contributed by atoms with Crippen molar-refractivity contribution >= 4 is 31.5 Å². The molecule has 4 nitrogen and oxygen atoms in total. The van der Waals surface area contributed by atoms with Crippen LogP contribution in [0.1, 0.15) is 12.5 Å². The number of hydrogen-bond acceptors (Lipinski definition) is 4. The highest BCUT2D eigenvalue weighted by Crippen LogP contribution is 2.26. The fraction of sp³-hybridized carbons (Fsp3) is 0.538. The number of rotatable bonds is 7. The first-order chi connectivity index (χ1) is 8.83. The molecule has 1 aromatic carbocycles. The Labute approximate surface area is 124 Å². The topological polar surface area (TPSA) is 49.4 Å². The summed E-state index contributed by atoms with van der Waals surface area (Å²) in [5, 5.41) is 3.27. The van der Waals surface area contributed by atoms with Crippen molar-refractivity contribution in [2.45, 2.75) is 13.5 Å². The minimum atomic E-state index is -2.93. The van der Waals surface area contributed by atoms with Gasteiger partial charge in [-0.1, -0.05) is 13.0 Å². The van der Waals surface area contributed by atoms with Crippen LogP contribution in [0, 0.1) is 0 Å². The minimum Gasteiger partial charge on any atom is -0.373 e. The maximum absolute atomic E-state index is 11.2. The fourth-order valence-corrected chi connectivity index (χ4v) is 3.00. The Morgan fingerprint density at radius 1 is 1.37 bits per heavy atom. The summed E-state index contributed by atoms with van der Waals surface area (Å²) in [6.45, 7) is 4.34. The molecule has 0 aliphatic heterocycles. The molecule has 1 aromatic rings. The van der Waals surface area contributed by atoms with Crippen LogP contribution in [0.2, 0.25) is 0 Å². The van der Waals surface area contributed by atoms with E-state index in [9.17, 15) is 8.42 Å². The van der Waals surface area contributed by atoms with E-state index in [0.717, 1.165) is 23.2 Å².